The molecule has 4 nitrogen and oxygen atoms in total. The van der Waals surface area contributed by atoms with Crippen LogP contribution in [0.5, 0.6) is 0 Å². The van der Waals surface area contributed by atoms with Gasteiger partial charge in [0, 0.05) is 5.56 Å². The average Bonchev–Trinajstić information content (AvgIpc) is 2.79. The lowest BCUT2D eigenvalue weighted by atomic mass is 10.0. The van der Waals surface area contributed by atoms with Crippen molar-refractivity contribution in [3.05, 3.63) is 102 Å². The number of carbonyl (C=O) groups is 2. The third-order valence-electron chi connectivity index (χ3n) is 4.53. The molecule has 0 aromatic heterocycles. The molecule has 4 heteroatoms. The van der Waals surface area contributed by atoms with Crippen molar-refractivity contribution in [1.82, 2.24) is 5.32 Å². The van der Waals surface area contributed by atoms with Crippen molar-refractivity contribution in [2.45, 2.75) is 12.5 Å². The first-order valence-electron chi connectivity index (χ1n) is 9.43. The number of esters is 1. The van der Waals surface area contributed by atoms with Gasteiger partial charge in [-0.1, -0.05) is 84.9 Å². The Morgan fingerprint density at radius 2 is 1.45 bits per heavy atom. The molecule has 0 aliphatic carbocycles. The highest BCUT2D eigenvalue weighted by Gasteiger charge is 2.20. The molecule has 1 amide bonds. The van der Waals surface area contributed by atoms with E-state index >= 15 is 0 Å². The van der Waals surface area contributed by atoms with E-state index < -0.39 is 12.0 Å². The summed E-state index contributed by atoms with van der Waals surface area (Å²) >= 11 is 0. The number of benzene rings is 3. The van der Waals surface area contributed by atoms with Crippen LogP contribution in [0.15, 0.2) is 91.0 Å². The Bertz CT molecular complexity index is 964. The van der Waals surface area contributed by atoms with Gasteiger partial charge in [-0.15, -0.1) is 0 Å². The van der Waals surface area contributed by atoms with Crippen LogP contribution >= 0.6 is 0 Å². The Hall–Kier alpha value is -3.66. The lowest BCUT2D eigenvalue weighted by Crippen LogP contribution is -2.41. The summed E-state index contributed by atoms with van der Waals surface area (Å²) in [5.41, 5.74) is 3.62. The molecule has 0 spiro atoms. The van der Waals surface area contributed by atoms with Gasteiger partial charge in [0.2, 0.25) is 0 Å². The Labute approximate surface area is 170 Å². The first-order chi connectivity index (χ1) is 14.2. The van der Waals surface area contributed by atoms with Crippen molar-refractivity contribution >= 4 is 18.0 Å². The maximum absolute atomic E-state index is 12.6. The molecule has 3 aromatic rings. The van der Waals surface area contributed by atoms with Gasteiger partial charge in [-0.25, -0.2) is 4.79 Å². The summed E-state index contributed by atoms with van der Waals surface area (Å²) < 4.78 is 4.84. The highest BCUT2D eigenvalue weighted by atomic mass is 16.5. The van der Waals surface area contributed by atoms with Crippen LogP contribution in [0.3, 0.4) is 0 Å². The predicted octanol–water partition coefficient (Wildman–Crippen LogP) is 4.73. The van der Waals surface area contributed by atoms with Crippen LogP contribution in [-0.4, -0.2) is 25.0 Å². The first-order valence-corrected chi connectivity index (χ1v) is 9.43. The molecule has 0 fully saturated rings. The van der Waals surface area contributed by atoms with Crippen LogP contribution < -0.4 is 5.32 Å². The normalized spacial score (nSPS) is 11.8. The molecule has 29 heavy (non-hydrogen) atoms. The smallest absolute Gasteiger partial charge is 0.328 e. The van der Waals surface area contributed by atoms with Gasteiger partial charge < -0.3 is 10.1 Å². The van der Waals surface area contributed by atoms with Crippen LogP contribution in [-0.2, 0) is 9.53 Å². The molecular weight excluding hydrogens is 362 g/mol. The summed E-state index contributed by atoms with van der Waals surface area (Å²) in [6.07, 6.45) is 4.11. The fourth-order valence-corrected chi connectivity index (χ4v) is 2.95. The summed E-state index contributed by atoms with van der Waals surface area (Å²) in [6.45, 7) is 0. The molecule has 0 aliphatic heterocycles. The van der Waals surface area contributed by atoms with Crippen molar-refractivity contribution in [3.63, 3.8) is 0 Å². The molecule has 146 valence electrons. The molecule has 0 saturated carbocycles. The SMILES string of the molecule is COC(=O)[C@H](C/C=C/c1ccccc1)NC(=O)c1ccc(-c2ccccc2)cc1. The molecule has 1 atom stereocenters. The number of methoxy groups -OCH3 is 1. The van der Waals surface area contributed by atoms with E-state index in [9.17, 15) is 9.59 Å². The zero-order valence-electron chi connectivity index (χ0n) is 16.2. The largest absolute Gasteiger partial charge is 0.467 e. The number of carbonyl (C=O) groups excluding carboxylic acids is 2. The Balaban J connectivity index is 1.66. The van der Waals surface area contributed by atoms with Crippen molar-refractivity contribution in [2.75, 3.05) is 7.11 Å². The number of amides is 1. The predicted molar refractivity (Wildman–Crippen MR) is 115 cm³/mol. The number of nitrogens with one attached hydrogen (secondary N) is 1. The highest BCUT2D eigenvalue weighted by molar-refractivity contribution is 5.97. The molecule has 0 unspecified atom stereocenters. The number of ether oxygens (including phenoxy) is 1. The molecule has 0 saturated heterocycles. The monoisotopic (exact) mass is 385 g/mol. The molecule has 0 bridgehead atoms. The van der Waals surface area contributed by atoms with E-state index in [1.807, 2.05) is 84.9 Å². The molecule has 1 N–H and O–H groups in total. The van der Waals surface area contributed by atoms with Crippen LogP contribution in [0.25, 0.3) is 17.2 Å². The quantitative estimate of drug-likeness (QED) is 0.598. The summed E-state index contributed by atoms with van der Waals surface area (Å²) in [5, 5.41) is 2.76. The fraction of sp³-hybridized carbons (Fsp3) is 0.120. The van der Waals surface area contributed by atoms with E-state index in [0.29, 0.717) is 12.0 Å². The van der Waals surface area contributed by atoms with E-state index in [0.717, 1.165) is 16.7 Å². The Morgan fingerprint density at radius 1 is 0.862 bits per heavy atom. The second kappa shape index (κ2) is 10.0. The zero-order chi connectivity index (χ0) is 20.5. The first kappa shape index (κ1) is 20.1. The summed E-state index contributed by atoms with van der Waals surface area (Å²) in [5.74, 6) is -0.787. The second-order valence-electron chi connectivity index (χ2n) is 6.54. The lowest BCUT2D eigenvalue weighted by molar-refractivity contribution is -0.142. The molecule has 0 heterocycles. The Morgan fingerprint density at radius 3 is 2.07 bits per heavy atom. The van der Waals surface area contributed by atoms with Gasteiger partial charge in [0.25, 0.3) is 5.91 Å². The number of hydrogen-bond acceptors (Lipinski definition) is 3. The molecule has 3 aromatic carbocycles. The highest BCUT2D eigenvalue weighted by Crippen LogP contribution is 2.19. The van der Waals surface area contributed by atoms with Gasteiger partial charge in [0.15, 0.2) is 0 Å². The summed E-state index contributed by atoms with van der Waals surface area (Å²) in [4.78, 5) is 24.7. The standard InChI is InChI=1S/C25H23NO3/c1-29-25(28)23(14-8-11-19-9-4-2-5-10-19)26-24(27)22-17-15-21(16-18-22)20-12-6-3-7-13-20/h2-13,15-18,23H,14H2,1H3,(H,26,27)/b11-8+/t23-/m0/s1. The van der Waals surface area contributed by atoms with Crippen molar-refractivity contribution in [2.24, 2.45) is 0 Å². The summed E-state index contributed by atoms with van der Waals surface area (Å²) in [6, 6.07) is 26.3. The third kappa shape index (κ3) is 5.66. The minimum absolute atomic E-state index is 0.312. The molecule has 0 radical (unpaired) electrons. The van der Waals surface area contributed by atoms with E-state index in [2.05, 4.69) is 5.32 Å². The lowest BCUT2D eigenvalue weighted by Gasteiger charge is -2.15. The van der Waals surface area contributed by atoms with Crippen LogP contribution in [0.1, 0.15) is 22.3 Å². The van der Waals surface area contributed by atoms with Gasteiger partial charge >= 0.3 is 5.97 Å². The van der Waals surface area contributed by atoms with Gasteiger partial charge in [-0.2, -0.15) is 0 Å². The topological polar surface area (TPSA) is 55.4 Å². The van der Waals surface area contributed by atoms with E-state index in [1.54, 1.807) is 12.1 Å². The van der Waals surface area contributed by atoms with Crippen LogP contribution in [0, 0.1) is 0 Å². The average molecular weight is 385 g/mol. The van der Waals surface area contributed by atoms with E-state index in [-0.39, 0.29) is 5.91 Å². The van der Waals surface area contributed by atoms with Gasteiger partial charge in [-0.3, -0.25) is 4.79 Å². The van der Waals surface area contributed by atoms with E-state index in [1.165, 1.54) is 7.11 Å². The van der Waals surface area contributed by atoms with Gasteiger partial charge in [0.05, 0.1) is 7.11 Å². The van der Waals surface area contributed by atoms with Crippen LogP contribution in [0.4, 0.5) is 0 Å². The number of rotatable bonds is 7. The minimum atomic E-state index is -0.749. The molecule has 0 aliphatic rings. The maximum atomic E-state index is 12.6. The van der Waals surface area contributed by atoms with Crippen molar-refractivity contribution in [1.29, 1.82) is 0 Å². The minimum Gasteiger partial charge on any atom is -0.467 e. The number of hydrogen-bond donors (Lipinski definition) is 1. The Kier molecular flexibility index (Phi) is 6.95. The maximum Gasteiger partial charge on any atom is 0.328 e. The summed E-state index contributed by atoms with van der Waals surface area (Å²) in [7, 11) is 1.32. The third-order valence-corrected chi connectivity index (χ3v) is 4.53. The zero-order valence-corrected chi connectivity index (χ0v) is 16.2. The van der Waals surface area contributed by atoms with Crippen molar-refractivity contribution in [3.8, 4) is 11.1 Å². The van der Waals surface area contributed by atoms with Gasteiger partial charge in [0.1, 0.15) is 6.04 Å². The molecule has 3 rings (SSSR count). The van der Waals surface area contributed by atoms with Gasteiger partial charge in [-0.05, 0) is 35.2 Å². The second-order valence-corrected chi connectivity index (χ2v) is 6.54. The fourth-order valence-electron chi connectivity index (χ4n) is 2.95. The van der Waals surface area contributed by atoms with E-state index in [4.69, 9.17) is 4.74 Å². The van der Waals surface area contributed by atoms with Crippen LogP contribution in [0.2, 0.25) is 0 Å². The van der Waals surface area contributed by atoms with Crippen molar-refractivity contribution < 1.29 is 14.3 Å². The molecular formula is C25H23NO3.